The molecule has 106 valence electrons. The molecule has 4 nitrogen and oxygen atoms in total. The van der Waals surface area contributed by atoms with Crippen molar-refractivity contribution in [2.75, 3.05) is 5.32 Å². The summed E-state index contributed by atoms with van der Waals surface area (Å²) in [6.45, 7) is 7.92. The van der Waals surface area contributed by atoms with Crippen molar-refractivity contribution >= 4 is 23.0 Å². The van der Waals surface area contributed by atoms with Crippen molar-refractivity contribution in [3.8, 4) is 0 Å². The number of benzene rings is 1. The third-order valence-corrected chi connectivity index (χ3v) is 4.37. The maximum Gasteiger partial charge on any atom is 0.337 e. The van der Waals surface area contributed by atoms with Crippen LogP contribution in [0.4, 0.5) is 5.69 Å². The summed E-state index contributed by atoms with van der Waals surface area (Å²) in [6.07, 6.45) is 0. The van der Waals surface area contributed by atoms with Crippen molar-refractivity contribution in [2.45, 2.75) is 33.7 Å². The van der Waals surface area contributed by atoms with Crippen LogP contribution in [0.25, 0.3) is 0 Å². The molecular weight excluding hydrogens is 272 g/mol. The van der Waals surface area contributed by atoms with Crippen molar-refractivity contribution in [3.05, 3.63) is 44.9 Å². The number of nitrogens with one attached hydrogen (secondary N) is 1. The highest BCUT2D eigenvalue weighted by Gasteiger charge is 2.16. The number of aryl methyl sites for hydroxylation is 3. The number of nitrogens with zero attached hydrogens (tertiary/aromatic N) is 1. The van der Waals surface area contributed by atoms with Crippen LogP contribution in [0.5, 0.6) is 0 Å². The molecule has 2 N–H and O–H groups in total. The topological polar surface area (TPSA) is 62.2 Å². The first-order chi connectivity index (χ1) is 9.38. The Bertz CT molecular complexity index is 649. The molecule has 20 heavy (non-hydrogen) atoms. The summed E-state index contributed by atoms with van der Waals surface area (Å²) >= 11 is 1.64. The van der Waals surface area contributed by atoms with Gasteiger partial charge in [0.2, 0.25) is 0 Å². The summed E-state index contributed by atoms with van der Waals surface area (Å²) in [6, 6.07) is 5.34. The van der Waals surface area contributed by atoms with E-state index < -0.39 is 5.97 Å². The van der Waals surface area contributed by atoms with Crippen molar-refractivity contribution in [1.82, 2.24) is 4.98 Å². The number of aromatic carboxylic acids is 1. The molecule has 0 radical (unpaired) electrons. The zero-order valence-corrected chi connectivity index (χ0v) is 12.8. The average Bonchev–Trinajstić information content (AvgIpc) is 2.68. The minimum Gasteiger partial charge on any atom is -0.478 e. The van der Waals surface area contributed by atoms with Crippen LogP contribution < -0.4 is 5.32 Å². The second-order valence-corrected chi connectivity index (χ2v) is 6.14. The molecular formula is C15H18N2O2S. The van der Waals surface area contributed by atoms with E-state index in [0.717, 1.165) is 21.1 Å². The van der Waals surface area contributed by atoms with Crippen molar-refractivity contribution < 1.29 is 9.90 Å². The van der Waals surface area contributed by atoms with Crippen LogP contribution in [-0.4, -0.2) is 16.1 Å². The zero-order valence-electron chi connectivity index (χ0n) is 12.0. The quantitative estimate of drug-likeness (QED) is 0.895. The first kappa shape index (κ1) is 14.5. The van der Waals surface area contributed by atoms with Crippen LogP contribution >= 0.6 is 11.3 Å². The molecule has 0 saturated heterocycles. The third-order valence-electron chi connectivity index (χ3n) is 3.11. The van der Waals surface area contributed by atoms with Crippen LogP contribution in [-0.2, 0) is 0 Å². The lowest BCUT2D eigenvalue weighted by atomic mass is 10.1. The molecule has 0 aliphatic carbocycles. The molecule has 1 heterocycles. The molecule has 0 saturated carbocycles. The van der Waals surface area contributed by atoms with E-state index in [2.05, 4.69) is 10.3 Å². The smallest absolute Gasteiger partial charge is 0.337 e. The van der Waals surface area contributed by atoms with Crippen LogP contribution in [0.3, 0.4) is 0 Å². The Morgan fingerprint density at radius 3 is 2.60 bits per heavy atom. The number of thiazole rings is 1. The number of hydrogen-bond acceptors (Lipinski definition) is 4. The molecule has 0 aliphatic rings. The van der Waals surface area contributed by atoms with E-state index in [1.165, 1.54) is 0 Å². The van der Waals surface area contributed by atoms with Gasteiger partial charge in [0, 0.05) is 10.6 Å². The number of rotatable bonds is 4. The fraction of sp³-hybridized carbons (Fsp3) is 0.333. The highest BCUT2D eigenvalue weighted by atomic mass is 32.1. The van der Waals surface area contributed by atoms with Gasteiger partial charge in [-0.25, -0.2) is 9.78 Å². The van der Waals surface area contributed by atoms with Crippen molar-refractivity contribution in [2.24, 2.45) is 0 Å². The van der Waals surface area contributed by atoms with Crippen LogP contribution in [0.2, 0.25) is 0 Å². The molecule has 1 aromatic carbocycles. The van der Waals surface area contributed by atoms with Crippen LogP contribution in [0, 0.1) is 20.8 Å². The Hall–Kier alpha value is -1.88. The lowest BCUT2D eigenvalue weighted by Crippen LogP contribution is -2.10. The minimum absolute atomic E-state index is 0.0288. The minimum atomic E-state index is -0.920. The highest BCUT2D eigenvalue weighted by molar-refractivity contribution is 7.11. The molecule has 0 spiro atoms. The lowest BCUT2D eigenvalue weighted by molar-refractivity contribution is 0.0698. The van der Waals surface area contributed by atoms with Crippen molar-refractivity contribution in [1.29, 1.82) is 0 Å². The SMILES string of the molecule is Cc1ccc(C(=O)O)c(NC(C)c2sc(C)nc2C)c1. The van der Waals surface area contributed by atoms with E-state index >= 15 is 0 Å². The Kier molecular flexibility index (Phi) is 4.09. The third kappa shape index (κ3) is 2.99. The number of hydrogen-bond donors (Lipinski definition) is 2. The van der Waals surface area contributed by atoms with Gasteiger partial charge in [-0.2, -0.15) is 0 Å². The van der Waals surface area contributed by atoms with E-state index in [4.69, 9.17) is 0 Å². The number of aromatic nitrogens is 1. The van der Waals surface area contributed by atoms with Gasteiger partial charge >= 0.3 is 5.97 Å². The molecule has 1 aromatic heterocycles. The van der Waals surface area contributed by atoms with Crippen LogP contribution in [0.1, 0.15) is 44.5 Å². The molecule has 0 amide bonds. The van der Waals surface area contributed by atoms with E-state index in [9.17, 15) is 9.90 Å². The standard InChI is InChI=1S/C15H18N2O2S/c1-8-5-6-12(15(18)19)13(7-8)17-10(3)14-9(2)16-11(4)20-14/h5-7,10,17H,1-4H3,(H,18,19). The number of carboxylic acids is 1. The highest BCUT2D eigenvalue weighted by Crippen LogP contribution is 2.29. The van der Waals surface area contributed by atoms with Crippen molar-refractivity contribution in [3.63, 3.8) is 0 Å². The van der Waals surface area contributed by atoms with Gasteiger partial charge in [-0.05, 0) is 45.4 Å². The Morgan fingerprint density at radius 2 is 2.05 bits per heavy atom. The molecule has 0 bridgehead atoms. The summed E-state index contributed by atoms with van der Waals surface area (Å²) in [7, 11) is 0. The summed E-state index contributed by atoms with van der Waals surface area (Å²) < 4.78 is 0. The number of carboxylic acid groups (broad SMARTS) is 1. The van der Waals surface area contributed by atoms with Gasteiger partial charge in [-0.3, -0.25) is 0 Å². The second kappa shape index (κ2) is 5.63. The predicted molar refractivity (Wildman–Crippen MR) is 81.8 cm³/mol. The number of anilines is 1. The van der Waals surface area contributed by atoms with Gasteiger partial charge in [-0.15, -0.1) is 11.3 Å². The molecule has 5 heteroatoms. The summed E-state index contributed by atoms with van der Waals surface area (Å²) in [4.78, 5) is 16.8. The monoisotopic (exact) mass is 290 g/mol. The largest absolute Gasteiger partial charge is 0.478 e. The first-order valence-electron chi connectivity index (χ1n) is 6.43. The Morgan fingerprint density at radius 1 is 1.35 bits per heavy atom. The molecule has 1 atom stereocenters. The average molecular weight is 290 g/mol. The fourth-order valence-electron chi connectivity index (χ4n) is 2.21. The van der Waals surface area contributed by atoms with Crippen LogP contribution in [0.15, 0.2) is 18.2 Å². The Labute approximate surface area is 122 Å². The molecule has 0 aliphatic heterocycles. The summed E-state index contributed by atoms with van der Waals surface area (Å²) in [5, 5.41) is 13.6. The van der Waals surface area contributed by atoms with E-state index in [-0.39, 0.29) is 6.04 Å². The molecule has 2 aromatic rings. The molecule has 2 rings (SSSR count). The molecule has 0 fully saturated rings. The van der Waals surface area contributed by atoms with Gasteiger partial charge in [0.25, 0.3) is 0 Å². The predicted octanol–water partition coefficient (Wildman–Crippen LogP) is 3.94. The fourth-order valence-corrected chi connectivity index (χ4v) is 3.14. The maximum atomic E-state index is 11.3. The van der Waals surface area contributed by atoms with Gasteiger partial charge in [0.15, 0.2) is 0 Å². The van der Waals surface area contributed by atoms with E-state index in [1.54, 1.807) is 23.5 Å². The second-order valence-electron chi connectivity index (χ2n) is 4.90. The normalized spacial score (nSPS) is 12.2. The van der Waals surface area contributed by atoms with E-state index in [1.807, 2.05) is 33.8 Å². The van der Waals surface area contributed by atoms with E-state index in [0.29, 0.717) is 11.3 Å². The van der Waals surface area contributed by atoms with Gasteiger partial charge < -0.3 is 10.4 Å². The first-order valence-corrected chi connectivity index (χ1v) is 7.24. The summed E-state index contributed by atoms with van der Waals surface area (Å²) in [5.41, 5.74) is 2.97. The molecule has 1 unspecified atom stereocenters. The maximum absolute atomic E-state index is 11.3. The lowest BCUT2D eigenvalue weighted by Gasteiger charge is -2.16. The zero-order chi connectivity index (χ0) is 14.9. The van der Waals surface area contributed by atoms with Gasteiger partial charge in [-0.1, -0.05) is 6.07 Å². The van der Waals surface area contributed by atoms with Gasteiger partial charge in [0.1, 0.15) is 0 Å². The van der Waals surface area contributed by atoms with Gasteiger partial charge in [0.05, 0.1) is 22.3 Å². The Balaban J connectivity index is 2.32. The number of carbonyl (C=O) groups is 1. The summed E-state index contributed by atoms with van der Waals surface area (Å²) in [5.74, 6) is -0.920.